The normalized spacial score (nSPS) is 11.2. The molecule has 0 spiro atoms. The third-order valence-electron chi connectivity index (χ3n) is 2.14. The fraction of sp³-hybridized carbons (Fsp3) is 0.273. The Kier molecular flexibility index (Phi) is 5.71. The second-order valence-corrected chi connectivity index (χ2v) is 3.02. The summed E-state index contributed by atoms with van der Waals surface area (Å²) in [6.45, 7) is 3.57. The zero-order chi connectivity index (χ0) is 11.4. The first-order chi connectivity index (χ1) is 7.13. The zero-order valence-corrected chi connectivity index (χ0v) is 10.1. The Balaban J connectivity index is 0.00000225. The van der Waals surface area contributed by atoms with E-state index in [1.807, 2.05) is 0 Å². The lowest BCUT2D eigenvalue weighted by molar-refractivity contribution is 0.378. The summed E-state index contributed by atoms with van der Waals surface area (Å²) in [5, 5.41) is 9.75. The predicted octanol–water partition coefficient (Wildman–Crippen LogP) is 2.02. The third-order valence-corrected chi connectivity index (χ3v) is 2.14. The van der Waals surface area contributed by atoms with Gasteiger partial charge in [0.25, 0.3) is 0 Å². The number of phenolic OH excluding ortho intramolecular Hbond substituents is 1. The van der Waals surface area contributed by atoms with Crippen molar-refractivity contribution in [1.29, 1.82) is 0 Å². The van der Waals surface area contributed by atoms with Crippen molar-refractivity contribution in [2.45, 2.75) is 6.04 Å². The van der Waals surface area contributed by atoms with E-state index >= 15 is 0 Å². The van der Waals surface area contributed by atoms with Gasteiger partial charge in [-0.2, -0.15) is 0 Å². The van der Waals surface area contributed by atoms with Gasteiger partial charge in [-0.05, 0) is 0 Å². The molecule has 1 aromatic rings. The summed E-state index contributed by atoms with van der Waals surface area (Å²) >= 11 is 0. The van der Waals surface area contributed by atoms with E-state index in [9.17, 15) is 5.11 Å². The minimum absolute atomic E-state index is 0. The maximum Gasteiger partial charge on any atom is 0.131 e. The molecular formula is C11H16ClNO3. The topological polar surface area (TPSA) is 64.7 Å². The highest BCUT2D eigenvalue weighted by atomic mass is 35.5. The molecule has 16 heavy (non-hydrogen) atoms. The fourth-order valence-corrected chi connectivity index (χ4v) is 1.33. The Bertz CT molecular complexity index is 368. The summed E-state index contributed by atoms with van der Waals surface area (Å²) in [4.78, 5) is 0. The van der Waals surface area contributed by atoms with Crippen molar-refractivity contribution >= 4 is 12.4 Å². The molecular weight excluding hydrogens is 230 g/mol. The Morgan fingerprint density at radius 3 is 2.44 bits per heavy atom. The molecule has 1 atom stereocenters. The first kappa shape index (κ1) is 14.6. The van der Waals surface area contributed by atoms with Crippen LogP contribution in [0.3, 0.4) is 0 Å². The van der Waals surface area contributed by atoms with Crippen LogP contribution in [0.25, 0.3) is 0 Å². The second kappa shape index (κ2) is 6.25. The lowest BCUT2D eigenvalue weighted by Crippen LogP contribution is -2.08. The van der Waals surface area contributed by atoms with Gasteiger partial charge >= 0.3 is 0 Å². The van der Waals surface area contributed by atoms with Crippen LogP contribution >= 0.6 is 12.4 Å². The Morgan fingerprint density at radius 1 is 1.38 bits per heavy atom. The minimum Gasteiger partial charge on any atom is -0.507 e. The molecule has 5 heteroatoms. The molecule has 0 aliphatic rings. The molecule has 0 aromatic heterocycles. The minimum atomic E-state index is -0.467. The van der Waals surface area contributed by atoms with E-state index in [-0.39, 0.29) is 18.2 Å². The number of benzene rings is 1. The molecule has 0 aliphatic carbocycles. The molecule has 0 saturated carbocycles. The first-order valence-corrected chi connectivity index (χ1v) is 4.47. The van der Waals surface area contributed by atoms with E-state index in [4.69, 9.17) is 15.2 Å². The summed E-state index contributed by atoms with van der Waals surface area (Å²) < 4.78 is 10.1. The van der Waals surface area contributed by atoms with Crippen molar-refractivity contribution in [3.63, 3.8) is 0 Å². The first-order valence-electron chi connectivity index (χ1n) is 4.47. The maximum absolute atomic E-state index is 9.75. The molecule has 0 unspecified atom stereocenters. The number of aromatic hydroxyl groups is 1. The molecule has 1 rings (SSSR count). The smallest absolute Gasteiger partial charge is 0.131 e. The summed E-state index contributed by atoms with van der Waals surface area (Å²) in [7, 11) is 3.02. The standard InChI is InChI=1S/C11H15NO3.ClH/c1-4-8(12)11-9(13)5-7(14-2)6-10(11)15-3;/h4-6,8,13H,1,12H2,2-3H3;1H/t8-;/m0./s1. The fourth-order valence-electron chi connectivity index (χ4n) is 1.33. The lowest BCUT2D eigenvalue weighted by atomic mass is 10.0. The molecule has 0 radical (unpaired) electrons. The van der Waals surface area contributed by atoms with E-state index in [2.05, 4.69) is 6.58 Å². The van der Waals surface area contributed by atoms with Crippen LogP contribution in [0.15, 0.2) is 24.8 Å². The highest BCUT2D eigenvalue weighted by Gasteiger charge is 2.15. The van der Waals surface area contributed by atoms with E-state index in [0.29, 0.717) is 17.1 Å². The number of phenols is 1. The molecule has 3 N–H and O–H groups in total. The molecule has 4 nitrogen and oxygen atoms in total. The molecule has 90 valence electrons. The van der Waals surface area contributed by atoms with Crippen molar-refractivity contribution in [1.82, 2.24) is 0 Å². The van der Waals surface area contributed by atoms with Gasteiger partial charge in [0.2, 0.25) is 0 Å². The Labute approximate surface area is 101 Å². The van der Waals surface area contributed by atoms with Crippen molar-refractivity contribution in [2.75, 3.05) is 14.2 Å². The maximum atomic E-state index is 9.75. The van der Waals surface area contributed by atoms with Crippen LogP contribution in [0.4, 0.5) is 0 Å². The van der Waals surface area contributed by atoms with E-state index in [1.165, 1.54) is 26.4 Å². The second-order valence-electron chi connectivity index (χ2n) is 3.02. The van der Waals surface area contributed by atoms with Gasteiger partial charge in [0.05, 0.1) is 25.8 Å². The zero-order valence-electron chi connectivity index (χ0n) is 9.27. The monoisotopic (exact) mass is 245 g/mol. The van der Waals surface area contributed by atoms with Gasteiger partial charge in [0.1, 0.15) is 17.2 Å². The van der Waals surface area contributed by atoms with Crippen molar-refractivity contribution in [3.05, 3.63) is 30.4 Å². The highest BCUT2D eigenvalue weighted by Crippen LogP contribution is 2.36. The predicted molar refractivity (Wildman–Crippen MR) is 65.6 cm³/mol. The molecule has 0 aliphatic heterocycles. The number of ether oxygens (including phenoxy) is 2. The molecule has 0 fully saturated rings. The van der Waals surface area contributed by atoms with Gasteiger partial charge in [0, 0.05) is 12.1 Å². The van der Waals surface area contributed by atoms with Crippen LogP contribution in [0.5, 0.6) is 17.2 Å². The van der Waals surface area contributed by atoms with Crippen LogP contribution in [-0.2, 0) is 0 Å². The number of hydrogen-bond acceptors (Lipinski definition) is 4. The van der Waals surface area contributed by atoms with Crippen molar-refractivity contribution < 1.29 is 14.6 Å². The summed E-state index contributed by atoms with van der Waals surface area (Å²) in [6, 6.07) is 2.69. The van der Waals surface area contributed by atoms with Gasteiger partial charge in [-0.25, -0.2) is 0 Å². The third kappa shape index (κ3) is 2.81. The van der Waals surface area contributed by atoms with E-state index in [0.717, 1.165) is 0 Å². The van der Waals surface area contributed by atoms with Crippen molar-refractivity contribution in [3.8, 4) is 17.2 Å². The summed E-state index contributed by atoms with van der Waals surface area (Å²) in [5.74, 6) is 1.04. The van der Waals surface area contributed by atoms with Gasteiger partial charge in [-0.15, -0.1) is 19.0 Å². The quantitative estimate of drug-likeness (QED) is 0.797. The number of nitrogens with two attached hydrogens (primary N) is 1. The van der Waals surface area contributed by atoms with Gasteiger partial charge in [-0.1, -0.05) is 6.08 Å². The number of rotatable bonds is 4. The Hall–Kier alpha value is -1.39. The van der Waals surface area contributed by atoms with Crippen LogP contribution in [-0.4, -0.2) is 19.3 Å². The average molecular weight is 246 g/mol. The largest absolute Gasteiger partial charge is 0.507 e. The number of halogens is 1. The highest BCUT2D eigenvalue weighted by molar-refractivity contribution is 5.85. The number of hydrogen-bond donors (Lipinski definition) is 2. The van der Waals surface area contributed by atoms with Crippen LogP contribution in [0.2, 0.25) is 0 Å². The SMILES string of the molecule is C=C[C@H](N)c1c(O)cc(OC)cc1OC.Cl. The molecule has 0 saturated heterocycles. The van der Waals surface area contributed by atoms with Gasteiger partial charge in [0.15, 0.2) is 0 Å². The van der Waals surface area contributed by atoms with Gasteiger partial charge < -0.3 is 20.3 Å². The Morgan fingerprint density at radius 2 is 2.00 bits per heavy atom. The van der Waals surface area contributed by atoms with Gasteiger partial charge in [-0.3, -0.25) is 0 Å². The van der Waals surface area contributed by atoms with Crippen molar-refractivity contribution in [2.24, 2.45) is 5.73 Å². The van der Waals surface area contributed by atoms with Crippen LogP contribution in [0, 0.1) is 0 Å². The van der Waals surface area contributed by atoms with E-state index < -0.39 is 6.04 Å². The molecule has 0 heterocycles. The molecule has 1 aromatic carbocycles. The average Bonchev–Trinajstić information content (AvgIpc) is 2.26. The van der Waals surface area contributed by atoms with Crippen LogP contribution < -0.4 is 15.2 Å². The number of methoxy groups -OCH3 is 2. The lowest BCUT2D eigenvalue weighted by Gasteiger charge is -2.15. The summed E-state index contributed by atoms with van der Waals surface area (Å²) in [6.07, 6.45) is 1.53. The molecule has 0 bridgehead atoms. The van der Waals surface area contributed by atoms with E-state index in [1.54, 1.807) is 6.07 Å². The summed E-state index contributed by atoms with van der Waals surface area (Å²) in [5.41, 5.74) is 6.27. The van der Waals surface area contributed by atoms with Crippen LogP contribution in [0.1, 0.15) is 11.6 Å². The molecule has 0 amide bonds.